The third kappa shape index (κ3) is 1.86. The maximum atomic E-state index is 3.26. The van der Waals surface area contributed by atoms with Gasteiger partial charge in [0.25, 0.3) is 0 Å². The molecular weight excluding hydrogens is 190 g/mol. The summed E-state index contributed by atoms with van der Waals surface area (Å²) in [5.74, 6) is 1.73. The molecule has 0 aliphatic heterocycles. The van der Waals surface area contributed by atoms with Crippen LogP contribution in [0.5, 0.6) is 0 Å². The van der Waals surface area contributed by atoms with E-state index >= 15 is 0 Å². The van der Waals surface area contributed by atoms with E-state index in [1.165, 1.54) is 19.3 Å². The van der Waals surface area contributed by atoms with Gasteiger partial charge < -0.3 is 5.32 Å². The second-order valence-corrected chi connectivity index (χ2v) is 5.34. The largest absolute Gasteiger partial charge is 0.315 e. The van der Waals surface area contributed by atoms with Crippen LogP contribution in [0.3, 0.4) is 0 Å². The van der Waals surface area contributed by atoms with Gasteiger partial charge in [0.1, 0.15) is 0 Å². The average Bonchev–Trinajstić information content (AvgIpc) is 2.74. The van der Waals surface area contributed by atoms with Crippen molar-refractivity contribution >= 4 is 11.3 Å². The first-order valence-electron chi connectivity index (χ1n) is 5.53. The molecule has 1 aliphatic carbocycles. The summed E-state index contributed by atoms with van der Waals surface area (Å²) in [6.45, 7) is 3.44. The highest BCUT2D eigenvalue weighted by Gasteiger charge is 2.26. The van der Waals surface area contributed by atoms with Crippen LogP contribution in [-0.2, 0) is 6.54 Å². The molecule has 1 aliphatic rings. The summed E-state index contributed by atoms with van der Waals surface area (Å²) in [4.78, 5) is 1.55. The van der Waals surface area contributed by atoms with Crippen LogP contribution >= 0.6 is 11.3 Å². The maximum absolute atomic E-state index is 3.26. The SMILES string of the molecule is CNCc1sccc1C1CCCC1C. The fourth-order valence-electron chi connectivity index (χ4n) is 2.59. The molecule has 0 spiro atoms. The van der Waals surface area contributed by atoms with Gasteiger partial charge in [-0.3, -0.25) is 0 Å². The summed E-state index contributed by atoms with van der Waals surface area (Å²) in [7, 11) is 2.03. The summed E-state index contributed by atoms with van der Waals surface area (Å²) in [5.41, 5.74) is 1.62. The van der Waals surface area contributed by atoms with Gasteiger partial charge in [-0.1, -0.05) is 19.8 Å². The first kappa shape index (κ1) is 10.2. The van der Waals surface area contributed by atoms with Crippen molar-refractivity contribution in [1.82, 2.24) is 5.32 Å². The Kier molecular flexibility index (Phi) is 3.24. The van der Waals surface area contributed by atoms with Crippen LogP contribution in [0.1, 0.15) is 42.5 Å². The van der Waals surface area contributed by atoms with Crippen molar-refractivity contribution in [1.29, 1.82) is 0 Å². The van der Waals surface area contributed by atoms with Gasteiger partial charge in [-0.15, -0.1) is 11.3 Å². The fraction of sp³-hybridized carbons (Fsp3) is 0.667. The molecule has 0 radical (unpaired) electrons. The monoisotopic (exact) mass is 209 g/mol. The third-order valence-corrected chi connectivity index (χ3v) is 4.31. The maximum Gasteiger partial charge on any atom is 0.0299 e. The van der Waals surface area contributed by atoms with E-state index in [4.69, 9.17) is 0 Å². The molecular formula is C12H19NS. The van der Waals surface area contributed by atoms with Crippen molar-refractivity contribution in [2.24, 2.45) is 5.92 Å². The molecule has 0 amide bonds. The molecule has 1 heterocycles. The highest BCUT2D eigenvalue weighted by atomic mass is 32.1. The van der Waals surface area contributed by atoms with E-state index in [-0.39, 0.29) is 0 Å². The molecule has 1 saturated carbocycles. The van der Waals surface area contributed by atoms with Gasteiger partial charge in [-0.05, 0) is 42.3 Å². The fourth-order valence-corrected chi connectivity index (χ4v) is 3.55. The Bertz CT molecular complexity index is 292. The van der Waals surface area contributed by atoms with E-state index in [1.807, 2.05) is 18.4 Å². The minimum Gasteiger partial charge on any atom is -0.315 e. The van der Waals surface area contributed by atoms with Crippen LogP contribution in [0.4, 0.5) is 0 Å². The zero-order valence-electron chi connectivity index (χ0n) is 9.05. The van der Waals surface area contributed by atoms with Gasteiger partial charge in [-0.2, -0.15) is 0 Å². The number of hydrogen-bond acceptors (Lipinski definition) is 2. The Hall–Kier alpha value is -0.340. The first-order valence-corrected chi connectivity index (χ1v) is 6.41. The van der Waals surface area contributed by atoms with E-state index in [0.29, 0.717) is 0 Å². The van der Waals surface area contributed by atoms with Crippen LogP contribution in [0, 0.1) is 5.92 Å². The van der Waals surface area contributed by atoms with Gasteiger partial charge in [0, 0.05) is 11.4 Å². The predicted octanol–water partition coefficient (Wildman–Crippen LogP) is 3.37. The van der Waals surface area contributed by atoms with Crippen molar-refractivity contribution in [3.63, 3.8) is 0 Å². The first-order chi connectivity index (χ1) is 6.83. The average molecular weight is 209 g/mol. The van der Waals surface area contributed by atoms with Crippen LogP contribution < -0.4 is 5.32 Å². The minimum atomic E-state index is 0.838. The van der Waals surface area contributed by atoms with Crippen LogP contribution in [0.25, 0.3) is 0 Å². The molecule has 2 atom stereocenters. The second kappa shape index (κ2) is 4.45. The molecule has 78 valence electrons. The lowest BCUT2D eigenvalue weighted by atomic mass is 9.90. The summed E-state index contributed by atoms with van der Waals surface area (Å²) in [6.07, 6.45) is 4.23. The Labute approximate surface area is 90.5 Å². The van der Waals surface area contributed by atoms with Crippen LogP contribution in [0.15, 0.2) is 11.4 Å². The number of nitrogens with one attached hydrogen (secondary N) is 1. The number of thiophene rings is 1. The molecule has 1 aromatic rings. The Morgan fingerprint density at radius 1 is 1.50 bits per heavy atom. The topological polar surface area (TPSA) is 12.0 Å². The van der Waals surface area contributed by atoms with E-state index in [1.54, 1.807) is 10.4 Å². The second-order valence-electron chi connectivity index (χ2n) is 4.34. The normalized spacial score (nSPS) is 27.0. The molecule has 2 heteroatoms. The summed E-state index contributed by atoms with van der Waals surface area (Å²) in [6, 6.07) is 2.34. The zero-order valence-corrected chi connectivity index (χ0v) is 9.86. The van der Waals surface area contributed by atoms with Gasteiger partial charge in [0.15, 0.2) is 0 Å². The molecule has 2 rings (SSSR count). The van der Waals surface area contributed by atoms with Crippen molar-refractivity contribution < 1.29 is 0 Å². The Balaban J connectivity index is 2.17. The van der Waals surface area contributed by atoms with Gasteiger partial charge in [0.05, 0.1) is 0 Å². The lowest BCUT2D eigenvalue weighted by Gasteiger charge is -2.16. The van der Waals surface area contributed by atoms with Gasteiger partial charge >= 0.3 is 0 Å². The molecule has 14 heavy (non-hydrogen) atoms. The molecule has 0 aromatic carbocycles. The molecule has 1 aromatic heterocycles. The quantitative estimate of drug-likeness (QED) is 0.805. The summed E-state index contributed by atoms with van der Waals surface area (Å²) in [5, 5.41) is 5.50. The standard InChI is InChI=1S/C12H19NS/c1-9-4-3-5-10(9)11-6-7-14-12(11)8-13-2/h6-7,9-10,13H,3-5,8H2,1-2H3. The summed E-state index contributed by atoms with van der Waals surface area (Å²) < 4.78 is 0. The lowest BCUT2D eigenvalue weighted by Crippen LogP contribution is -2.09. The minimum absolute atomic E-state index is 0.838. The number of hydrogen-bond donors (Lipinski definition) is 1. The highest BCUT2D eigenvalue weighted by Crippen LogP contribution is 2.41. The van der Waals surface area contributed by atoms with Crippen molar-refractivity contribution in [2.75, 3.05) is 7.05 Å². The van der Waals surface area contributed by atoms with E-state index in [2.05, 4.69) is 23.7 Å². The van der Waals surface area contributed by atoms with E-state index in [9.17, 15) is 0 Å². The smallest absolute Gasteiger partial charge is 0.0299 e. The molecule has 2 unspecified atom stereocenters. The Morgan fingerprint density at radius 3 is 3.00 bits per heavy atom. The Morgan fingerprint density at radius 2 is 2.36 bits per heavy atom. The molecule has 1 N–H and O–H groups in total. The van der Waals surface area contributed by atoms with E-state index in [0.717, 1.165) is 18.4 Å². The van der Waals surface area contributed by atoms with Crippen molar-refractivity contribution in [2.45, 2.75) is 38.6 Å². The molecule has 0 bridgehead atoms. The molecule has 0 saturated heterocycles. The molecule has 1 fully saturated rings. The van der Waals surface area contributed by atoms with Crippen molar-refractivity contribution in [3.05, 3.63) is 21.9 Å². The predicted molar refractivity (Wildman–Crippen MR) is 62.8 cm³/mol. The highest BCUT2D eigenvalue weighted by molar-refractivity contribution is 7.10. The lowest BCUT2D eigenvalue weighted by molar-refractivity contribution is 0.530. The summed E-state index contributed by atoms with van der Waals surface area (Å²) >= 11 is 1.90. The zero-order chi connectivity index (χ0) is 9.97. The van der Waals surface area contributed by atoms with Gasteiger partial charge in [-0.25, -0.2) is 0 Å². The molecule has 1 nitrogen and oxygen atoms in total. The van der Waals surface area contributed by atoms with Crippen LogP contribution in [0.2, 0.25) is 0 Å². The van der Waals surface area contributed by atoms with E-state index < -0.39 is 0 Å². The number of rotatable bonds is 3. The third-order valence-electron chi connectivity index (χ3n) is 3.38. The van der Waals surface area contributed by atoms with Crippen molar-refractivity contribution in [3.8, 4) is 0 Å². The van der Waals surface area contributed by atoms with Crippen LogP contribution in [-0.4, -0.2) is 7.05 Å². The van der Waals surface area contributed by atoms with Gasteiger partial charge in [0.2, 0.25) is 0 Å².